The molecular weight excluding hydrogens is 344 g/mol. The summed E-state index contributed by atoms with van der Waals surface area (Å²) in [4.78, 5) is 2.53. The van der Waals surface area contributed by atoms with E-state index in [0.29, 0.717) is 0 Å². The molecule has 0 amide bonds. The fourth-order valence-electron chi connectivity index (χ4n) is 4.14. The van der Waals surface area contributed by atoms with E-state index in [0.717, 1.165) is 37.4 Å². The van der Waals surface area contributed by atoms with Crippen LogP contribution in [-0.2, 0) is 0 Å². The predicted octanol–water partition coefficient (Wildman–Crippen LogP) is 4.16. The van der Waals surface area contributed by atoms with Gasteiger partial charge in [-0.3, -0.25) is 4.90 Å². The molecule has 1 aliphatic heterocycles. The molecule has 0 saturated carbocycles. The van der Waals surface area contributed by atoms with Gasteiger partial charge in [0.15, 0.2) is 0 Å². The van der Waals surface area contributed by atoms with Crippen molar-refractivity contribution in [1.29, 1.82) is 0 Å². The molecule has 0 bridgehead atoms. The number of rotatable bonds is 4. The summed E-state index contributed by atoms with van der Waals surface area (Å²) < 4.78 is 2.22. The quantitative estimate of drug-likeness (QED) is 0.587. The summed E-state index contributed by atoms with van der Waals surface area (Å²) in [6.45, 7) is 4.03. The lowest BCUT2D eigenvalue weighted by atomic mass is 10.1. The van der Waals surface area contributed by atoms with E-state index in [1.807, 2.05) is 0 Å². The number of para-hydroxylation sites is 1. The van der Waals surface area contributed by atoms with E-state index in [1.54, 1.807) is 0 Å². The predicted molar refractivity (Wildman–Crippen MR) is 114 cm³/mol. The minimum Gasteiger partial charge on any atom is -0.314 e. The molecule has 0 aliphatic carbocycles. The van der Waals surface area contributed by atoms with Crippen LogP contribution in [0.5, 0.6) is 0 Å². The van der Waals surface area contributed by atoms with Gasteiger partial charge < -0.3 is 5.32 Å². The maximum Gasteiger partial charge on any atom is 0.130 e. The lowest BCUT2D eigenvalue weighted by Crippen LogP contribution is -2.47. The van der Waals surface area contributed by atoms with Crippen LogP contribution in [0.15, 0.2) is 84.9 Å². The molecular formula is C24H24N4. The molecule has 4 nitrogen and oxygen atoms in total. The first-order valence-electron chi connectivity index (χ1n) is 9.94. The van der Waals surface area contributed by atoms with Crippen molar-refractivity contribution in [3.63, 3.8) is 0 Å². The van der Waals surface area contributed by atoms with E-state index >= 15 is 0 Å². The van der Waals surface area contributed by atoms with Gasteiger partial charge in [-0.1, -0.05) is 78.9 Å². The Morgan fingerprint density at radius 3 is 2.14 bits per heavy atom. The van der Waals surface area contributed by atoms with E-state index in [9.17, 15) is 0 Å². The second-order valence-electron chi connectivity index (χ2n) is 7.25. The van der Waals surface area contributed by atoms with Gasteiger partial charge >= 0.3 is 0 Å². The number of benzene rings is 3. The molecule has 1 unspecified atom stereocenters. The van der Waals surface area contributed by atoms with Crippen molar-refractivity contribution in [2.24, 2.45) is 0 Å². The first kappa shape index (κ1) is 17.2. The molecule has 1 saturated heterocycles. The Balaban J connectivity index is 1.71. The van der Waals surface area contributed by atoms with Crippen molar-refractivity contribution in [1.82, 2.24) is 20.0 Å². The van der Waals surface area contributed by atoms with Crippen LogP contribution in [0.4, 0.5) is 0 Å². The molecule has 4 heteroatoms. The van der Waals surface area contributed by atoms with Crippen LogP contribution in [0, 0.1) is 0 Å². The van der Waals surface area contributed by atoms with Gasteiger partial charge in [0.25, 0.3) is 0 Å². The number of piperazine rings is 1. The maximum absolute atomic E-state index is 5.17. The number of fused-ring (bicyclic) bond motifs is 1. The van der Waals surface area contributed by atoms with E-state index in [1.165, 1.54) is 16.5 Å². The molecule has 1 N–H and O–H groups in total. The van der Waals surface area contributed by atoms with Crippen molar-refractivity contribution in [2.75, 3.05) is 26.2 Å². The Labute approximate surface area is 165 Å². The van der Waals surface area contributed by atoms with Crippen LogP contribution in [0.1, 0.15) is 11.7 Å². The minimum atomic E-state index is 0.0886. The third-order valence-electron chi connectivity index (χ3n) is 5.49. The lowest BCUT2D eigenvalue weighted by molar-refractivity contribution is 0.144. The number of hydrogen-bond acceptors (Lipinski definition) is 3. The van der Waals surface area contributed by atoms with Gasteiger partial charge in [-0.15, -0.1) is 0 Å². The minimum absolute atomic E-state index is 0.0886. The number of nitrogens with one attached hydrogen (secondary N) is 1. The number of hydrogen-bond donors (Lipinski definition) is 1. The molecule has 0 spiro atoms. The van der Waals surface area contributed by atoms with Gasteiger partial charge in [-0.2, -0.15) is 5.10 Å². The van der Waals surface area contributed by atoms with Crippen molar-refractivity contribution >= 4 is 10.9 Å². The highest BCUT2D eigenvalue weighted by Crippen LogP contribution is 2.33. The fraction of sp³-hybridized carbons (Fsp3) is 0.208. The zero-order valence-electron chi connectivity index (χ0n) is 15.8. The smallest absolute Gasteiger partial charge is 0.130 e. The highest BCUT2D eigenvalue weighted by Gasteiger charge is 2.27. The first-order valence-corrected chi connectivity index (χ1v) is 9.94. The third kappa shape index (κ3) is 3.11. The van der Waals surface area contributed by atoms with Crippen LogP contribution in [-0.4, -0.2) is 40.9 Å². The molecule has 3 aromatic carbocycles. The largest absolute Gasteiger partial charge is 0.314 e. The summed E-state index contributed by atoms with van der Waals surface area (Å²) in [5.74, 6) is 0. The zero-order valence-corrected chi connectivity index (χ0v) is 15.8. The van der Waals surface area contributed by atoms with Crippen LogP contribution in [0.25, 0.3) is 22.2 Å². The standard InChI is InChI=1S/C24H24N4/c1-3-9-19(10-4-1)23-21-13-7-8-14-22(21)28(26-23)24(20-11-5-2-6-12-20)27-17-15-25-16-18-27/h1-14,24-25H,15-18H2. The van der Waals surface area contributed by atoms with E-state index in [2.05, 4.69) is 99.8 Å². The van der Waals surface area contributed by atoms with Gasteiger partial charge in [0.1, 0.15) is 11.9 Å². The average molecular weight is 368 g/mol. The van der Waals surface area contributed by atoms with Gasteiger partial charge in [0, 0.05) is 37.1 Å². The number of aromatic nitrogens is 2. The van der Waals surface area contributed by atoms with Gasteiger partial charge in [0.2, 0.25) is 0 Å². The Hall–Kier alpha value is -2.95. The third-order valence-corrected chi connectivity index (χ3v) is 5.49. The topological polar surface area (TPSA) is 33.1 Å². The molecule has 1 aromatic heterocycles. The SMILES string of the molecule is c1ccc(-c2nn(C(c3ccccc3)N3CCNCC3)c3ccccc23)cc1. The Morgan fingerprint density at radius 1 is 0.750 bits per heavy atom. The summed E-state index contributed by atoms with van der Waals surface area (Å²) in [5.41, 5.74) is 4.66. The van der Waals surface area contributed by atoms with Crippen molar-refractivity contribution in [3.05, 3.63) is 90.5 Å². The van der Waals surface area contributed by atoms with E-state index in [4.69, 9.17) is 5.10 Å². The lowest BCUT2D eigenvalue weighted by Gasteiger charge is -2.35. The molecule has 1 aliphatic rings. The second-order valence-corrected chi connectivity index (χ2v) is 7.25. The van der Waals surface area contributed by atoms with E-state index < -0.39 is 0 Å². The first-order chi connectivity index (χ1) is 13.9. The Morgan fingerprint density at radius 2 is 1.39 bits per heavy atom. The summed E-state index contributed by atoms with van der Waals surface area (Å²) >= 11 is 0. The summed E-state index contributed by atoms with van der Waals surface area (Å²) in [7, 11) is 0. The molecule has 4 aromatic rings. The zero-order chi connectivity index (χ0) is 18.8. The number of nitrogens with zero attached hydrogens (tertiary/aromatic N) is 3. The van der Waals surface area contributed by atoms with Gasteiger partial charge in [0.05, 0.1) is 5.52 Å². The average Bonchev–Trinajstić information content (AvgIpc) is 3.16. The Bertz CT molecular complexity index is 1050. The van der Waals surface area contributed by atoms with Crippen molar-refractivity contribution < 1.29 is 0 Å². The molecule has 2 heterocycles. The normalized spacial score (nSPS) is 16.3. The molecule has 0 radical (unpaired) electrons. The molecule has 5 rings (SSSR count). The summed E-state index contributed by atoms with van der Waals surface area (Å²) in [6.07, 6.45) is 0.0886. The van der Waals surface area contributed by atoms with Crippen LogP contribution >= 0.6 is 0 Å². The van der Waals surface area contributed by atoms with Crippen LogP contribution < -0.4 is 5.32 Å². The second kappa shape index (κ2) is 7.58. The molecule has 140 valence electrons. The fourth-order valence-corrected chi connectivity index (χ4v) is 4.14. The monoisotopic (exact) mass is 368 g/mol. The maximum atomic E-state index is 5.17. The van der Waals surface area contributed by atoms with Crippen LogP contribution in [0.3, 0.4) is 0 Å². The highest BCUT2D eigenvalue weighted by molar-refractivity contribution is 5.93. The van der Waals surface area contributed by atoms with Crippen LogP contribution in [0.2, 0.25) is 0 Å². The molecule has 1 fully saturated rings. The summed E-state index contributed by atoms with van der Waals surface area (Å²) in [6, 6.07) is 29.8. The van der Waals surface area contributed by atoms with Gasteiger partial charge in [-0.25, -0.2) is 4.68 Å². The van der Waals surface area contributed by atoms with Gasteiger partial charge in [-0.05, 0) is 11.6 Å². The molecule has 1 atom stereocenters. The van der Waals surface area contributed by atoms with Crippen molar-refractivity contribution in [3.8, 4) is 11.3 Å². The Kier molecular flexibility index (Phi) is 4.65. The van der Waals surface area contributed by atoms with Crippen molar-refractivity contribution in [2.45, 2.75) is 6.17 Å². The molecule has 28 heavy (non-hydrogen) atoms. The summed E-state index contributed by atoms with van der Waals surface area (Å²) in [5, 5.41) is 9.83. The van der Waals surface area contributed by atoms with E-state index in [-0.39, 0.29) is 6.17 Å². The highest BCUT2D eigenvalue weighted by atomic mass is 15.4.